The number of carbonyl (C=O) groups is 1. The van der Waals surface area contributed by atoms with Crippen LogP contribution in [0.1, 0.15) is 11.1 Å². The van der Waals surface area contributed by atoms with Crippen LogP contribution in [0.2, 0.25) is 4.34 Å². The second kappa shape index (κ2) is 7.21. The van der Waals surface area contributed by atoms with Crippen LogP contribution in [-0.2, 0) is 11.3 Å². The van der Waals surface area contributed by atoms with Crippen LogP contribution in [0.4, 0.5) is 5.69 Å². The molecule has 2 heterocycles. The summed E-state index contributed by atoms with van der Waals surface area (Å²) in [5.74, 6) is -0.298. The first-order valence-electron chi connectivity index (χ1n) is 7.64. The number of benzene rings is 1. The van der Waals surface area contributed by atoms with E-state index in [4.69, 9.17) is 11.6 Å². The lowest BCUT2D eigenvalue weighted by molar-refractivity contribution is -0.117. The Morgan fingerprint density at radius 3 is 2.52 bits per heavy atom. The van der Waals surface area contributed by atoms with Crippen LogP contribution in [0.15, 0.2) is 47.3 Å². The molecule has 3 aromatic rings. The number of nitrogens with zero attached hydrogens (tertiary/aromatic N) is 2. The summed E-state index contributed by atoms with van der Waals surface area (Å²) in [5.41, 5.74) is 2.98. The van der Waals surface area contributed by atoms with E-state index in [2.05, 4.69) is 10.4 Å². The number of thiophene rings is 1. The zero-order valence-corrected chi connectivity index (χ0v) is 15.3. The molecular formula is C18H16ClN3O2S. The topological polar surface area (TPSA) is 64.0 Å². The number of rotatable bonds is 4. The first-order valence-corrected chi connectivity index (χ1v) is 8.83. The maximum Gasteiger partial charge on any atom is 0.267 e. The predicted octanol–water partition coefficient (Wildman–Crippen LogP) is 3.88. The normalized spacial score (nSPS) is 10.7. The molecule has 0 spiro atoms. The van der Waals surface area contributed by atoms with Gasteiger partial charge in [-0.25, -0.2) is 4.68 Å². The van der Waals surface area contributed by atoms with Crippen LogP contribution in [0.25, 0.3) is 10.6 Å². The summed E-state index contributed by atoms with van der Waals surface area (Å²) in [6.07, 6.45) is 0. The Hall–Kier alpha value is -2.44. The van der Waals surface area contributed by atoms with Gasteiger partial charge in [0.15, 0.2) is 0 Å². The number of hydrogen-bond acceptors (Lipinski definition) is 4. The molecule has 1 amide bonds. The van der Waals surface area contributed by atoms with Gasteiger partial charge in [-0.2, -0.15) is 5.10 Å². The highest BCUT2D eigenvalue weighted by atomic mass is 35.5. The van der Waals surface area contributed by atoms with Crippen molar-refractivity contribution in [3.8, 4) is 10.6 Å². The minimum atomic E-state index is -0.331. The molecule has 0 bridgehead atoms. The Kier molecular flexibility index (Phi) is 5.01. The zero-order valence-electron chi connectivity index (χ0n) is 13.7. The Balaban J connectivity index is 1.83. The monoisotopic (exact) mass is 373 g/mol. The van der Waals surface area contributed by atoms with Crippen LogP contribution in [-0.4, -0.2) is 15.7 Å². The SMILES string of the molecule is Cc1cccc(C)c1NC(=O)Cn1nc(-c2ccc(Cl)s2)ccc1=O. The number of aryl methyl sites for hydroxylation is 2. The third-order valence-corrected chi connectivity index (χ3v) is 4.98. The summed E-state index contributed by atoms with van der Waals surface area (Å²) in [7, 11) is 0. The third-order valence-electron chi connectivity index (χ3n) is 3.73. The average molecular weight is 374 g/mol. The van der Waals surface area contributed by atoms with E-state index in [-0.39, 0.29) is 18.0 Å². The van der Waals surface area contributed by atoms with E-state index >= 15 is 0 Å². The molecule has 25 heavy (non-hydrogen) atoms. The molecule has 0 atom stereocenters. The summed E-state index contributed by atoms with van der Waals surface area (Å²) < 4.78 is 1.80. The second-order valence-electron chi connectivity index (χ2n) is 5.63. The quantitative estimate of drug-likeness (QED) is 0.754. The van der Waals surface area contributed by atoms with Gasteiger partial charge >= 0.3 is 0 Å². The van der Waals surface area contributed by atoms with Crippen molar-refractivity contribution in [3.63, 3.8) is 0 Å². The Bertz CT molecular complexity index is 974. The Labute approximate surface area is 153 Å². The van der Waals surface area contributed by atoms with Crippen LogP contribution in [0.5, 0.6) is 0 Å². The van der Waals surface area contributed by atoms with Gasteiger partial charge < -0.3 is 5.32 Å². The van der Waals surface area contributed by atoms with Gasteiger partial charge in [0.1, 0.15) is 12.2 Å². The maximum absolute atomic E-state index is 12.4. The van der Waals surface area contributed by atoms with Crippen molar-refractivity contribution < 1.29 is 4.79 Å². The van der Waals surface area contributed by atoms with Crippen LogP contribution in [0.3, 0.4) is 0 Å². The van der Waals surface area contributed by atoms with E-state index in [1.54, 1.807) is 12.1 Å². The number of para-hydroxylation sites is 1. The number of amides is 1. The van der Waals surface area contributed by atoms with E-state index in [9.17, 15) is 9.59 Å². The molecule has 0 unspecified atom stereocenters. The first-order chi connectivity index (χ1) is 11.9. The molecule has 7 heteroatoms. The number of hydrogen-bond donors (Lipinski definition) is 1. The number of anilines is 1. The number of halogens is 1. The summed E-state index contributed by atoms with van der Waals surface area (Å²) in [6.45, 7) is 3.70. The van der Waals surface area contributed by atoms with Gasteiger partial charge in [0.25, 0.3) is 5.56 Å². The molecule has 0 radical (unpaired) electrons. The van der Waals surface area contributed by atoms with E-state index < -0.39 is 0 Å². The molecule has 0 fully saturated rings. The molecule has 0 aliphatic heterocycles. The highest BCUT2D eigenvalue weighted by Gasteiger charge is 2.11. The van der Waals surface area contributed by atoms with E-state index in [1.165, 1.54) is 17.4 Å². The molecule has 0 saturated heterocycles. The van der Waals surface area contributed by atoms with E-state index in [0.29, 0.717) is 10.0 Å². The fourth-order valence-corrected chi connectivity index (χ4v) is 3.48. The summed E-state index contributed by atoms with van der Waals surface area (Å²) in [4.78, 5) is 25.2. The largest absolute Gasteiger partial charge is 0.324 e. The standard InChI is InChI=1S/C18H16ClN3O2S/c1-11-4-3-5-12(2)18(11)20-16(23)10-22-17(24)9-6-13(21-22)14-7-8-15(19)25-14/h3-9H,10H2,1-2H3,(H,20,23). The Morgan fingerprint density at radius 1 is 1.16 bits per heavy atom. The van der Waals surface area contributed by atoms with Crippen molar-refractivity contribution in [2.24, 2.45) is 0 Å². The minimum absolute atomic E-state index is 0.153. The predicted molar refractivity (Wildman–Crippen MR) is 101 cm³/mol. The summed E-state index contributed by atoms with van der Waals surface area (Å²) in [6, 6.07) is 12.4. The lowest BCUT2D eigenvalue weighted by Gasteiger charge is -2.12. The smallest absolute Gasteiger partial charge is 0.267 e. The molecule has 0 aliphatic carbocycles. The zero-order chi connectivity index (χ0) is 18.0. The van der Waals surface area contributed by atoms with Crippen LogP contribution >= 0.6 is 22.9 Å². The fourth-order valence-electron chi connectivity index (χ4n) is 2.47. The van der Waals surface area contributed by atoms with Crippen molar-refractivity contribution in [3.05, 3.63) is 68.3 Å². The molecule has 3 rings (SSSR count). The highest BCUT2D eigenvalue weighted by molar-refractivity contribution is 7.19. The molecular weight excluding hydrogens is 358 g/mol. The van der Waals surface area contributed by atoms with Crippen molar-refractivity contribution >= 4 is 34.5 Å². The van der Waals surface area contributed by atoms with E-state index in [0.717, 1.165) is 26.4 Å². The number of nitrogens with one attached hydrogen (secondary N) is 1. The molecule has 1 N–H and O–H groups in total. The molecule has 5 nitrogen and oxygen atoms in total. The summed E-state index contributed by atoms with van der Waals surface area (Å²) >= 11 is 7.31. The van der Waals surface area contributed by atoms with Crippen molar-refractivity contribution in [1.82, 2.24) is 9.78 Å². The number of carbonyl (C=O) groups excluding carboxylic acids is 1. The van der Waals surface area contributed by atoms with Gasteiger partial charge in [-0.15, -0.1) is 11.3 Å². The molecule has 0 saturated carbocycles. The molecule has 128 valence electrons. The lowest BCUT2D eigenvalue weighted by Crippen LogP contribution is -2.29. The van der Waals surface area contributed by atoms with Gasteiger partial charge in [0.05, 0.1) is 9.21 Å². The average Bonchev–Trinajstić information content (AvgIpc) is 3.00. The summed E-state index contributed by atoms with van der Waals surface area (Å²) in [5, 5.41) is 7.14. The van der Waals surface area contributed by atoms with Gasteiger partial charge in [0.2, 0.25) is 5.91 Å². The highest BCUT2D eigenvalue weighted by Crippen LogP contribution is 2.29. The maximum atomic E-state index is 12.4. The molecule has 1 aromatic carbocycles. The first kappa shape index (κ1) is 17.4. The van der Waals surface area contributed by atoms with Gasteiger partial charge in [0, 0.05) is 11.8 Å². The Morgan fingerprint density at radius 2 is 1.88 bits per heavy atom. The fraction of sp³-hybridized carbons (Fsp3) is 0.167. The van der Waals surface area contributed by atoms with Crippen molar-refractivity contribution in [2.45, 2.75) is 20.4 Å². The molecule has 0 aliphatic rings. The van der Waals surface area contributed by atoms with Gasteiger partial charge in [-0.05, 0) is 43.2 Å². The van der Waals surface area contributed by atoms with Crippen LogP contribution in [0, 0.1) is 13.8 Å². The lowest BCUT2D eigenvalue weighted by atomic mass is 10.1. The number of aromatic nitrogens is 2. The van der Waals surface area contributed by atoms with Crippen molar-refractivity contribution in [2.75, 3.05) is 5.32 Å². The van der Waals surface area contributed by atoms with Gasteiger partial charge in [-0.1, -0.05) is 29.8 Å². The third kappa shape index (κ3) is 3.97. The minimum Gasteiger partial charge on any atom is -0.324 e. The van der Waals surface area contributed by atoms with Gasteiger partial charge in [-0.3, -0.25) is 9.59 Å². The second-order valence-corrected chi connectivity index (χ2v) is 7.35. The van der Waals surface area contributed by atoms with Crippen molar-refractivity contribution in [1.29, 1.82) is 0 Å². The van der Waals surface area contributed by atoms with Crippen LogP contribution < -0.4 is 10.9 Å². The molecule has 2 aromatic heterocycles. The van der Waals surface area contributed by atoms with E-state index in [1.807, 2.05) is 38.1 Å².